The molecule has 0 radical (unpaired) electrons. The van der Waals surface area contributed by atoms with Crippen molar-refractivity contribution in [2.75, 3.05) is 14.2 Å². The summed E-state index contributed by atoms with van der Waals surface area (Å²) in [5.41, 5.74) is 2.99. The first kappa shape index (κ1) is 19.5. The molecule has 0 aromatic heterocycles. The number of benzene rings is 2. The highest BCUT2D eigenvalue weighted by Gasteiger charge is 2.25. The minimum atomic E-state index is -0.557. The van der Waals surface area contributed by atoms with E-state index in [2.05, 4.69) is 5.32 Å². The highest BCUT2D eigenvalue weighted by atomic mass is 16.5. The lowest BCUT2D eigenvalue weighted by Gasteiger charge is -2.28. The second-order valence-electron chi connectivity index (χ2n) is 6.26. The van der Waals surface area contributed by atoms with Crippen LogP contribution in [-0.2, 0) is 22.6 Å². The zero-order valence-corrected chi connectivity index (χ0v) is 15.8. The van der Waals surface area contributed by atoms with Crippen LogP contribution in [0.4, 0.5) is 0 Å². The Balaban J connectivity index is 2.23. The molecule has 2 aromatic carbocycles. The molecule has 0 aliphatic carbocycles. The lowest BCUT2D eigenvalue weighted by atomic mass is 10.0. The van der Waals surface area contributed by atoms with E-state index in [4.69, 9.17) is 4.74 Å². The normalized spacial score (nSPS) is 11.5. The van der Waals surface area contributed by atoms with Crippen molar-refractivity contribution in [1.29, 1.82) is 0 Å². The SMILES string of the molecule is CNC(=O)C(C)N(Cc1ccc(OC)cc1)C(=O)Cc1ccccc1C. The van der Waals surface area contributed by atoms with Crippen LogP contribution in [0.15, 0.2) is 48.5 Å². The standard InChI is InChI=1S/C21H26N2O3/c1-15-7-5-6-8-18(15)13-20(24)23(16(2)21(25)22-3)14-17-9-11-19(26-4)12-10-17/h5-12,16H,13-14H2,1-4H3,(H,22,25). The Bertz CT molecular complexity index is 756. The fraction of sp³-hybridized carbons (Fsp3) is 0.333. The third-order valence-electron chi connectivity index (χ3n) is 4.53. The quantitative estimate of drug-likeness (QED) is 0.832. The van der Waals surface area contributed by atoms with Crippen LogP contribution in [-0.4, -0.2) is 36.9 Å². The molecule has 0 fully saturated rings. The first-order chi connectivity index (χ1) is 12.5. The summed E-state index contributed by atoms with van der Waals surface area (Å²) in [7, 11) is 3.19. The molecule has 1 unspecified atom stereocenters. The molecule has 0 heterocycles. The second kappa shape index (κ2) is 9.04. The number of hydrogen-bond acceptors (Lipinski definition) is 3. The van der Waals surface area contributed by atoms with Crippen molar-refractivity contribution in [1.82, 2.24) is 10.2 Å². The Morgan fingerprint density at radius 2 is 1.77 bits per heavy atom. The predicted octanol–water partition coefficient (Wildman–Crippen LogP) is 2.71. The van der Waals surface area contributed by atoms with Crippen molar-refractivity contribution < 1.29 is 14.3 Å². The van der Waals surface area contributed by atoms with Gasteiger partial charge in [0.1, 0.15) is 11.8 Å². The average Bonchev–Trinajstić information content (AvgIpc) is 2.67. The van der Waals surface area contributed by atoms with Crippen LogP contribution in [0.3, 0.4) is 0 Å². The number of ether oxygens (including phenoxy) is 1. The number of nitrogens with one attached hydrogen (secondary N) is 1. The zero-order chi connectivity index (χ0) is 19.1. The van der Waals surface area contributed by atoms with Crippen LogP contribution < -0.4 is 10.1 Å². The van der Waals surface area contributed by atoms with E-state index in [1.165, 1.54) is 0 Å². The first-order valence-electron chi connectivity index (χ1n) is 8.64. The van der Waals surface area contributed by atoms with Gasteiger partial charge >= 0.3 is 0 Å². The molecule has 1 N–H and O–H groups in total. The van der Waals surface area contributed by atoms with Gasteiger partial charge in [-0.15, -0.1) is 0 Å². The molecule has 0 spiro atoms. The Morgan fingerprint density at radius 1 is 1.12 bits per heavy atom. The predicted molar refractivity (Wildman–Crippen MR) is 102 cm³/mol. The summed E-state index contributed by atoms with van der Waals surface area (Å²) in [6.45, 7) is 4.10. The molecule has 0 bridgehead atoms. The average molecular weight is 354 g/mol. The summed E-state index contributed by atoms with van der Waals surface area (Å²) in [4.78, 5) is 26.7. The van der Waals surface area contributed by atoms with Gasteiger partial charge in [0.05, 0.1) is 13.5 Å². The molecule has 1 atom stereocenters. The highest BCUT2D eigenvalue weighted by Crippen LogP contribution is 2.17. The molecule has 138 valence electrons. The van der Waals surface area contributed by atoms with E-state index in [0.717, 1.165) is 22.4 Å². The van der Waals surface area contributed by atoms with Crippen molar-refractivity contribution in [2.45, 2.75) is 32.9 Å². The maximum atomic E-state index is 13.0. The van der Waals surface area contributed by atoms with Gasteiger partial charge in [-0.1, -0.05) is 36.4 Å². The first-order valence-corrected chi connectivity index (χ1v) is 8.64. The fourth-order valence-electron chi connectivity index (χ4n) is 2.79. The van der Waals surface area contributed by atoms with E-state index in [9.17, 15) is 9.59 Å². The lowest BCUT2D eigenvalue weighted by molar-refractivity contribution is -0.139. The second-order valence-corrected chi connectivity index (χ2v) is 6.26. The van der Waals surface area contributed by atoms with E-state index >= 15 is 0 Å². The van der Waals surface area contributed by atoms with Crippen molar-refractivity contribution >= 4 is 11.8 Å². The monoisotopic (exact) mass is 354 g/mol. The molecule has 0 aliphatic heterocycles. The van der Waals surface area contributed by atoms with Crippen molar-refractivity contribution in [3.8, 4) is 5.75 Å². The zero-order valence-electron chi connectivity index (χ0n) is 15.8. The number of amides is 2. The Morgan fingerprint density at radius 3 is 2.35 bits per heavy atom. The van der Waals surface area contributed by atoms with Gasteiger partial charge in [-0.25, -0.2) is 0 Å². The molecule has 5 heteroatoms. The molecule has 0 saturated carbocycles. The summed E-state index contributed by atoms with van der Waals surface area (Å²) in [6.07, 6.45) is 0.268. The van der Waals surface area contributed by atoms with Gasteiger partial charge < -0.3 is 15.0 Å². The van der Waals surface area contributed by atoms with E-state index in [-0.39, 0.29) is 18.2 Å². The van der Waals surface area contributed by atoms with Crippen LogP contribution in [0.2, 0.25) is 0 Å². The molecule has 2 aromatic rings. The minimum absolute atomic E-state index is 0.0776. The minimum Gasteiger partial charge on any atom is -0.497 e. The third-order valence-corrected chi connectivity index (χ3v) is 4.53. The molecule has 0 saturated heterocycles. The van der Waals surface area contributed by atoms with E-state index in [0.29, 0.717) is 6.54 Å². The van der Waals surface area contributed by atoms with Crippen molar-refractivity contribution in [2.24, 2.45) is 0 Å². The molecular formula is C21H26N2O3. The van der Waals surface area contributed by atoms with Crippen molar-refractivity contribution in [3.63, 3.8) is 0 Å². The summed E-state index contributed by atoms with van der Waals surface area (Å²) in [6, 6.07) is 14.8. The molecule has 0 aliphatic rings. The Labute approximate surface area is 155 Å². The van der Waals surface area contributed by atoms with Crippen LogP contribution in [0.1, 0.15) is 23.6 Å². The summed E-state index contributed by atoms with van der Waals surface area (Å²) in [5.74, 6) is 0.494. The van der Waals surface area contributed by atoms with Gasteiger partial charge in [0.15, 0.2) is 0 Å². The van der Waals surface area contributed by atoms with E-state index in [1.54, 1.807) is 26.0 Å². The number of likely N-dealkylation sites (N-methyl/N-ethyl adjacent to an activating group) is 1. The summed E-state index contributed by atoms with van der Waals surface area (Å²) < 4.78 is 5.17. The maximum Gasteiger partial charge on any atom is 0.242 e. The van der Waals surface area contributed by atoms with Gasteiger partial charge in [-0.2, -0.15) is 0 Å². The third kappa shape index (κ3) is 4.85. The fourth-order valence-corrected chi connectivity index (χ4v) is 2.79. The number of aryl methyl sites for hydroxylation is 1. The van der Waals surface area contributed by atoms with Crippen LogP contribution >= 0.6 is 0 Å². The topological polar surface area (TPSA) is 58.6 Å². The van der Waals surface area contributed by atoms with Crippen LogP contribution in [0.25, 0.3) is 0 Å². The lowest BCUT2D eigenvalue weighted by Crippen LogP contribution is -2.47. The summed E-state index contributed by atoms with van der Waals surface area (Å²) >= 11 is 0. The van der Waals surface area contributed by atoms with E-state index in [1.807, 2.05) is 55.5 Å². The molecule has 2 amide bonds. The van der Waals surface area contributed by atoms with Gasteiger partial charge in [0.2, 0.25) is 11.8 Å². The number of methoxy groups -OCH3 is 1. The number of rotatable bonds is 7. The number of carbonyl (C=O) groups is 2. The van der Waals surface area contributed by atoms with Crippen LogP contribution in [0.5, 0.6) is 5.75 Å². The smallest absolute Gasteiger partial charge is 0.242 e. The largest absolute Gasteiger partial charge is 0.497 e. The Kier molecular flexibility index (Phi) is 6.78. The van der Waals surface area contributed by atoms with E-state index < -0.39 is 6.04 Å². The van der Waals surface area contributed by atoms with Crippen LogP contribution in [0, 0.1) is 6.92 Å². The number of nitrogens with zero attached hydrogens (tertiary/aromatic N) is 1. The van der Waals surface area contributed by atoms with Gasteiger partial charge in [0, 0.05) is 13.6 Å². The van der Waals surface area contributed by atoms with Gasteiger partial charge in [-0.3, -0.25) is 9.59 Å². The molecular weight excluding hydrogens is 328 g/mol. The molecule has 26 heavy (non-hydrogen) atoms. The molecule has 5 nitrogen and oxygen atoms in total. The number of carbonyl (C=O) groups excluding carboxylic acids is 2. The van der Waals surface area contributed by atoms with Gasteiger partial charge in [0.25, 0.3) is 0 Å². The Hall–Kier alpha value is -2.82. The molecule has 2 rings (SSSR count). The highest BCUT2D eigenvalue weighted by molar-refractivity contribution is 5.88. The van der Waals surface area contributed by atoms with Crippen molar-refractivity contribution in [3.05, 3.63) is 65.2 Å². The van der Waals surface area contributed by atoms with Gasteiger partial charge in [-0.05, 0) is 42.7 Å². The number of hydrogen-bond donors (Lipinski definition) is 1. The maximum absolute atomic E-state index is 13.0. The summed E-state index contributed by atoms with van der Waals surface area (Å²) in [5, 5.41) is 2.63.